The van der Waals surface area contributed by atoms with E-state index in [9.17, 15) is 0 Å². The first-order valence-corrected chi connectivity index (χ1v) is 6.16. The van der Waals surface area contributed by atoms with Crippen LogP contribution in [0.2, 0.25) is 0 Å². The topological polar surface area (TPSA) is 30.5 Å². The molecule has 3 heteroatoms. The summed E-state index contributed by atoms with van der Waals surface area (Å²) < 4.78 is 10.5. The maximum Gasteiger partial charge on any atom is 0.119 e. The number of nitrogens with one attached hydrogen (secondary N) is 1. The molecular formula is C14H23NO2. The van der Waals surface area contributed by atoms with Crippen molar-refractivity contribution in [3.05, 3.63) is 23.8 Å². The highest BCUT2D eigenvalue weighted by atomic mass is 16.5. The summed E-state index contributed by atoms with van der Waals surface area (Å²) in [4.78, 5) is 0. The Bertz CT molecular complexity index is 339. The van der Waals surface area contributed by atoms with Gasteiger partial charge in [0.15, 0.2) is 0 Å². The fourth-order valence-electron chi connectivity index (χ4n) is 1.69. The lowest BCUT2D eigenvalue weighted by molar-refractivity contribution is 0.191. The number of methoxy groups -OCH3 is 1. The van der Waals surface area contributed by atoms with E-state index in [1.54, 1.807) is 7.11 Å². The minimum atomic E-state index is 0.409. The van der Waals surface area contributed by atoms with Crippen LogP contribution in [0.4, 0.5) is 5.69 Å². The van der Waals surface area contributed by atoms with Crippen LogP contribution >= 0.6 is 0 Å². The number of anilines is 1. The molecule has 0 radical (unpaired) electrons. The van der Waals surface area contributed by atoms with Crippen LogP contribution in [0.15, 0.2) is 18.2 Å². The molecule has 0 fully saturated rings. The maximum absolute atomic E-state index is 5.46. The minimum Gasteiger partial charge on any atom is -0.494 e. The SMILES string of the molecule is CCOc1ccc(NC(C)CCOC)c(C)c1. The molecule has 0 aliphatic heterocycles. The van der Waals surface area contributed by atoms with Gasteiger partial charge in [-0.1, -0.05) is 0 Å². The van der Waals surface area contributed by atoms with Crippen LogP contribution in [0.1, 0.15) is 25.8 Å². The van der Waals surface area contributed by atoms with Gasteiger partial charge in [-0.2, -0.15) is 0 Å². The molecule has 1 rings (SSSR count). The van der Waals surface area contributed by atoms with Crippen LogP contribution in [-0.4, -0.2) is 26.4 Å². The van der Waals surface area contributed by atoms with Gasteiger partial charge >= 0.3 is 0 Å². The maximum atomic E-state index is 5.46. The molecule has 3 nitrogen and oxygen atoms in total. The van der Waals surface area contributed by atoms with Crippen molar-refractivity contribution in [1.82, 2.24) is 0 Å². The van der Waals surface area contributed by atoms with Gasteiger partial charge in [0.05, 0.1) is 6.61 Å². The number of rotatable bonds is 7. The Morgan fingerprint density at radius 1 is 1.35 bits per heavy atom. The second kappa shape index (κ2) is 7.17. The van der Waals surface area contributed by atoms with E-state index in [1.807, 2.05) is 13.0 Å². The normalized spacial score (nSPS) is 12.2. The largest absolute Gasteiger partial charge is 0.494 e. The summed E-state index contributed by atoms with van der Waals surface area (Å²) in [7, 11) is 1.73. The van der Waals surface area contributed by atoms with E-state index < -0.39 is 0 Å². The number of hydrogen-bond acceptors (Lipinski definition) is 3. The van der Waals surface area contributed by atoms with Gasteiger partial charge in [0.1, 0.15) is 5.75 Å². The smallest absolute Gasteiger partial charge is 0.119 e. The molecule has 0 aliphatic rings. The summed E-state index contributed by atoms with van der Waals surface area (Å²) in [6.07, 6.45) is 1.00. The van der Waals surface area contributed by atoms with E-state index >= 15 is 0 Å². The molecule has 0 heterocycles. The predicted octanol–water partition coefficient (Wildman–Crippen LogP) is 3.23. The minimum absolute atomic E-state index is 0.409. The van der Waals surface area contributed by atoms with Gasteiger partial charge < -0.3 is 14.8 Å². The quantitative estimate of drug-likeness (QED) is 0.789. The molecule has 1 atom stereocenters. The first kappa shape index (κ1) is 13.8. The third kappa shape index (κ3) is 4.65. The molecule has 1 aromatic rings. The van der Waals surface area contributed by atoms with Crippen LogP contribution in [0.3, 0.4) is 0 Å². The van der Waals surface area contributed by atoms with Gasteiger partial charge in [-0.3, -0.25) is 0 Å². The summed E-state index contributed by atoms with van der Waals surface area (Å²) in [5.41, 5.74) is 2.37. The molecule has 0 saturated carbocycles. The summed E-state index contributed by atoms with van der Waals surface area (Å²) in [5.74, 6) is 0.931. The number of benzene rings is 1. The summed E-state index contributed by atoms with van der Waals surface area (Å²) in [6, 6.07) is 6.55. The third-order valence-corrected chi connectivity index (χ3v) is 2.67. The third-order valence-electron chi connectivity index (χ3n) is 2.67. The lowest BCUT2D eigenvalue weighted by Crippen LogP contribution is -2.17. The molecule has 1 aromatic carbocycles. The average molecular weight is 237 g/mol. The summed E-state index contributed by atoms with van der Waals surface area (Å²) in [5, 5.41) is 3.48. The first-order chi connectivity index (χ1) is 8.17. The second-order valence-electron chi connectivity index (χ2n) is 4.24. The standard InChI is InChI=1S/C14H23NO2/c1-5-17-13-6-7-14(11(2)10-13)15-12(3)8-9-16-4/h6-7,10,12,15H,5,8-9H2,1-4H3. The lowest BCUT2D eigenvalue weighted by Gasteiger charge is -2.17. The van der Waals surface area contributed by atoms with Gasteiger partial charge in [0, 0.05) is 25.4 Å². The van der Waals surface area contributed by atoms with E-state index in [1.165, 1.54) is 5.56 Å². The Hall–Kier alpha value is -1.22. The Kier molecular flexibility index (Phi) is 5.84. The van der Waals surface area contributed by atoms with Crippen molar-refractivity contribution >= 4 is 5.69 Å². The molecule has 17 heavy (non-hydrogen) atoms. The zero-order chi connectivity index (χ0) is 12.7. The van der Waals surface area contributed by atoms with Gasteiger partial charge in [-0.15, -0.1) is 0 Å². The first-order valence-electron chi connectivity index (χ1n) is 6.16. The highest BCUT2D eigenvalue weighted by Gasteiger charge is 2.05. The molecule has 0 bridgehead atoms. The van der Waals surface area contributed by atoms with E-state index in [0.717, 1.165) is 24.5 Å². The molecular weight excluding hydrogens is 214 g/mol. The molecule has 1 unspecified atom stereocenters. The fourth-order valence-corrected chi connectivity index (χ4v) is 1.69. The van der Waals surface area contributed by atoms with Gasteiger partial charge in [0.25, 0.3) is 0 Å². The van der Waals surface area contributed by atoms with Crippen LogP contribution < -0.4 is 10.1 Å². The van der Waals surface area contributed by atoms with Crippen molar-refractivity contribution in [2.24, 2.45) is 0 Å². The summed E-state index contributed by atoms with van der Waals surface area (Å²) >= 11 is 0. The van der Waals surface area contributed by atoms with Crippen molar-refractivity contribution in [3.8, 4) is 5.75 Å². The van der Waals surface area contributed by atoms with Gasteiger partial charge in [-0.25, -0.2) is 0 Å². The van der Waals surface area contributed by atoms with Crippen molar-refractivity contribution in [2.45, 2.75) is 33.2 Å². The molecule has 0 aromatic heterocycles. The summed E-state index contributed by atoms with van der Waals surface area (Å²) in [6.45, 7) is 7.73. The zero-order valence-corrected chi connectivity index (χ0v) is 11.2. The average Bonchev–Trinajstić information content (AvgIpc) is 2.30. The fraction of sp³-hybridized carbons (Fsp3) is 0.571. The molecule has 0 saturated heterocycles. The highest BCUT2D eigenvalue weighted by molar-refractivity contribution is 5.54. The van der Waals surface area contributed by atoms with Crippen molar-refractivity contribution in [2.75, 3.05) is 25.6 Å². The van der Waals surface area contributed by atoms with Crippen LogP contribution in [0.5, 0.6) is 5.75 Å². The zero-order valence-electron chi connectivity index (χ0n) is 11.2. The van der Waals surface area contributed by atoms with Gasteiger partial charge in [0.2, 0.25) is 0 Å². The second-order valence-corrected chi connectivity index (χ2v) is 4.24. The van der Waals surface area contributed by atoms with Crippen molar-refractivity contribution in [1.29, 1.82) is 0 Å². The monoisotopic (exact) mass is 237 g/mol. The molecule has 0 amide bonds. The molecule has 0 aliphatic carbocycles. The molecule has 0 spiro atoms. The van der Waals surface area contributed by atoms with Crippen LogP contribution in [0.25, 0.3) is 0 Å². The molecule has 96 valence electrons. The lowest BCUT2D eigenvalue weighted by atomic mass is 10.1. The van der Waals surface area contributed by atoms with Gasteiger partial charge in [-0.05, 0) is 51.0 Å². The van der Waals surface area contributed by atoms with E-state index in [2.05, 4.69) is 31.3 Å². The van der Waals surface area contributed by atoms with Crippen LogP contribution in [0, 0.1) is 6.92 Å². The van der Waals surface area contributed by atoms with Crippen LogP contribution in [-0.2, 0) is 4.74 Å². The molecule has 1 N–H and O–H groups in total. The van der Waals surface area contributed by atoms with Crippen molar-refractivity contribution in [3.63, 3.8) is 0 Å². The number of aryl methyl sites for hydroxylation is 1. The number of ether oxygens (including phenoxy) is 2. The Labute approximate surface area is 104 Å². The predicted molar refractivity (Wildman–Crippen MR) is 71.9 cm³/mol. The Morgan fingerprint density at radius 2 is 2.12 bits per heavy atom. The Morgan fingerprint density at radius 3 is 2.71 bits per heavy atom. The highest BCUT2D eigenvalue weighted by Crippen LogP contribution is 2.22. The van der Waals surface area contributed by atoms with Crippen molar-refractivity contribution < 1.29 is 9.47 Å². The van der Waals surface area contributed by atoms with E-state index in [0.29, 0.717) is 12.6 Å². The number of hydrogen-bond donors (Lipinski definition) is 1. The van der Waals surface area contributed by atoms with E-state index in [-0.39, 0.29) is 0 Å². The Balaban J connectivity index is 2.59. The van der Waals surface area contributed by atoms with E-state index in [4.69, 9.17) is 9.47 Å².